The predicted octanol–water partition coefficient (Wildman–Crippen LogP) is 5.34. The molecule has 4 heterocycles. The first-order chi connectivity index (χ1) is 16.5. The topological polar surface area (TPSA) is 80.7 Å². The number of ether oxygens (including phenoxy) is 1. The minimum atomic E-state index is -1.39. The first kappa shape index (κ1) is 20.5. The normalized spacial score (nSPS) is 24.2. The average molecular weight is 456 g/mol. The maximum absolute atomic E-state index is 12.7. The summed E-state index contributed by atoms with van der Waals surface area (Å²) in [5.41, 5.74) is 6.08. The molecule has 3 aromatic rings. The lowest BCUT2D eigenvalue weighted by molar-refractivity contribution is -0.0937. The predicted molar refractivity (Wildman–Crippen MR) is 128 cm³/mol. The van der Waals surface area contributed by atoms with E-state index in [1.54, 1.807) is 6.20 Å². The van der Waals surface area contributed by atoms with E-state index in [1.807, 2.05) is 32.0 Å². The van der Waals surface area contributed by atoms with Crippen LogP contribution in [0.3, 0.4) is 0 Å². The lowest BCUT2D eigenvalue weighted by atomic mass is 9.80. The van der Waals surface area contributed by atoms with Crippen molar-refractivity contribution in [3.05, 3.63) is 64.8 Å². The molecule has 34 heavy (non-hydrogen) atoms. The van der Waals surface area contributed by atoms with Crippen LogP contribution in [0, 0.1) is 19.8 Å². The van der Waals surface area contributed by atoms with E-state index in [4.69, 9.17) is 14.3 Å². The Labute approximate surface area is 199 Å². The van der Waals surface area contributed by atoms with Gasteiger partial charge in [0.05, 0.1) is 28.8 Å². The van der Waals surface area contributed by atoms with Crippen molar-refractivity contribution in [3.8, 4) is 11.1 Å². The lowest BCUT2D eigenvalue weighted by Gasteiger charge is -2.35. The fraction of sp³-hybridized carbons (Fsp3) is 0.464. The largest absolute Gasteiger partial charge is 0.376 e. The van der Waals surface area contributed by atoms with Gasteiger partial charge in [0.1, 0.15) is 5.76 Å². The number of hydrogen-bond donors (Lipinski definition) is 1. The van der Waals surface area contributed by atoms with Crippen LogP contribution in [0.1, 0.15) is 66.8 Å². The minimum Gasteiger partial charge on any atom is -0.376 e. The molecule has 6 nitrogen and oxygen atoms in total. The van der Waals surface area contributed by atoms with Crippen molar-refractivity contribution in [2.75, 3.05) is 0 Å². The highest BCUT2D eigenvalue weighted by molar-refractivity contribution is 5.98. The molecular weight excluding hydrogens is 426 g/mol. The molecule has 2 aromatic heterocycles. The van der Waals surface area contributed by atoms with E-state index in [0.717, 1.165) is 71.5 Å². The van der Waals surface area contributed by atoms with Crippen molar-refractivity contribution < 1.29 is 14.4 Å². The first-order valence-electron chi connectivity index (χ1n) is 12.5. The highest BCUT2D eigenvalue weighted by atomic mass is 16.5. The summed E-state index contributed by atoms with van der Waals surface area (Å²) < 4.78 is 12.1. The number of pyridine rings is 1. The summed E-state index contributed by atoms with van der Waals surface area (Å²) in [5, 5.41) is 16.9. The smallest absolute Gasteiger partial charge is 0.159 e. The van der Waals surface area contributed by atoms with Crippen LogP contribution in [0.4, 0.5) is 5.69 Å². The zero-order valence-corrected chi connectivity index (χ0v) is 19.7. The van der Waals surface area contributed by atoms with Gasteiger partial charge in [0.2, 0.25) is 0 Å². The van der Waals surface area contributed by atoms with Crippen molar-refractivity contribution >= 4 is 11.4 Å². The van der Waals surface area contributed by atoms with Crippen LogP contribution < -0.4 is 0 Å². The van der Waals surface area contributed by atoms with Gasteiger partial charge in [-0.3, -0.25) is 9.98 Å². The molecule has 1 N–H and O–H groups in total. The third kappa shape index (κ3) is 3.05. The molecule has 0 bridgehead atoms. The van der Waals surface area contributed by atoms with Crippen LogP contribution >= 0.6 is 0 Å². The summed E-state index contributed by atoms with van der Waals surface area (Å²) in [6.07, 6.45) is 8.55. The molecule has 0 amide bonds. The Hall–Kier alpha value is -2.83. The Kier molecular flexibility index (Phi) is 4.28. The summed E-state index contributed by atoms with van der Waals surface area (Å²) >= 11 is 0. The molecule has 1 spiro atoms. The average Bonchev–Trinajstić information content (AvgIpc) is 3.71. The van der Waals surface area contributed by atoms with E-state index in [9.17, 15) is 5.11 Å². The second-order valence-corrected chi connectivity index (χ2v) is 10.6. The van der Waals surface area contributed by atoms with E-state index >= 15 is 0 Å². The minimum absolute atomic E-state index is 0.0572. The Morgan fingerprint density at radius 2 is 1.94 bits per heavy atom. The van der Waals surface area contributed by atoms with Gasteiger partial charge >= 0.3 is 0 Å². The van der Waals surface area contributed by atoms with Gasteiger partial charge in [0, 0.05) is 29.5 Å². The van der Waals surface area contributed by atoms with Crippen LogP contribution in [-0.4, -0.2) is 32.7 Å². The van der Waals surface area contributed by atoms with Gasteiger partial charge in [0.25, 0.3) is 0 Å². The summed E-state index contributed by atoms with van der Waals surface area (Å²) in [6, 6.07) is 10.0. The fourth-order valence-corrected chi connectivity index (χ4v) is 6.00. The SMILES string of the molecule is Cc1noc(C)c1-c1cc2c(c([C@](O)(c3ccccn3)[C@H]3CCC4(CC4)O3)c1)N=C(C1CC1)C2. The molecule has 1 saturated heterocycles. The van der Waals surface area contributed by atoms with Gasteiger partial charge in [-0.2, -0.15) is 0 Å². The zero-order valence-electron chi connectivity index (χ0n) is 19.7. The Morgan fingerprint density at radius 1 is 1.09 bits per heavy atom. The van der Waals surface area contributed by atoms with Gasteiger partial charge < -0.3 is 14.4 Å². The van der Waals surface area contributed by atoms with Gasteiger partial charge in [-0.15, -0.1) is 0 Å². The second-order valence-electron chi connectivity index (χ2n) is 10.6. The molecule has 7 rings (SSSR count). The third-order valence-electron chi connectivity index (χ3n) is 8.18. The molecule has 2 aliphatic heterocycles. The fourth-order valence-electron chi connectivity index (χ4n) is 6.00. The number of aryl methyl sites for hydroxylation is 2. The highest BCUT2D eigenvalue weighted by Gasteiger charge is 2.57. The van der Waals surface area contributed by atoms with E-state index in [2.05, 4.69) is 22.3 Å². The lowest BCUT2D eigenvalue weighted by Crippen LogP contribution is -2.42. The van der Waals surface area contributed by atoms with E-state index in [1.165, 1.54) is 18.6 Å². The number of aliphatic imine (C=N–C) groups is 1. The number of aromatic nitrogens is 2. The zero-order chi connectivity index (χ0) is 23.1. The standard InChI is InChI=1S/C28H29N3O3/c1-16-25(17(2)34-31-16)19-13-20-15-22(18-6-7-18)30-26(20)21(14-19)28(32,23-5-3-4-12-29-23)24-8-9-27(33-24)10-11-27/h3-5,12-14,18,24,32H,6-11,15H2,1-2H3/t24-,28+/m1/s1. The molecule has 4 aliphatic rings. The second kappa shape index (κ2) is 7.09. The molecule has 2 atom stereocenters. The van der Waals surface area contributed by atoms with Crippen molar-refractivity contribution in [2.45, 2.75) is 76.1 Å². The van der Waals surface area contributed by atoms with Crippen LogP contribution in [0.2, 0.25) is 0 Å². The van der Waals surface area contributed by atoms with Gasteiger partial charge in [-0.1, -0.05) is 11.2 Å². The van der Waals surface area contributed by atoms with E-state index < -0.39 is 5.60 Å². The number of aliphatic hydroxyl groups is 1. The third-order valence-corrected chi connectivity index (χ3v) is 8.18. The molecule has 174 valence electrons. The van der Waals surface area contributed by atoms with Gasteiger partial charge in [-0.25, -0.2) is 0 Å². The van der Waals surface area contributed by atoms with Crippen molar-refractivity contribution in [1.82, 2.24) is 10.1 Å². The molecule has 2 aliphatic carbocycles. The number of nitrogens with zero attached hydrogens (tertiary/aromatic N) is 3. The van der Waals surface area contributed by atoms with Crippen molar-refractivity contribution in [3.63, 3.8) is 0 Å². The molecule has 6 heteroatoms. The molecule has 3 fully saturated rings. The molecule has 0 radical (unpaired) electrons. The summed E-state index contributed by atoms with van der Waals surface area (Å²) in [7, 11) is 0. The van der Waals surface area contributed by atoms with Gasteiger partial charge in [-0.05, 0) is 93.7 Å². The summed E-state index contributed by atoms with van der Waals surface area (Å²) in [6.45, 7) is 3.91. The Bertz CT molecular complexity index is 1300. The number of rotatable bonds is 5. The monoisotopic (exact) mass is 455 g/mol. The van der Waals surface area contributed by atoms with Crippen molar-refractivity contribution in [1.29, 1.82) is 0 Å². The Balaban J connectivity index is 1.46. The van der Waals surface area contributed by atoms with Gasteiger partial charge in [0.15, 0.2) is 5.60 Å². The molecule has 2 saturated carbocycles. The first-order valence-corrected chi connectivity index (χ1v) is 12.5. The van der Waals surface area contributed by atoms with E-state index in [0.29, 0.717) is 11.6 Å². The molecular formula is C28H29N3O3. The highest BCUT2D eigenvalue weighted by Crippen LogP contribution is 2.56. The number of hydrogen-bond acceptors (Lipinski definition) is 6. The quantitative estimate of drug-likeness (QED) is 0.562. The summed E-state index contributed by atoms with van der Waals surface area (Å²) in [5.74, 6) is 1.35. The van der Waals surface area contributed by atoms with E-state index in [-0.39, 0.29) is 11.7 Å². The number of fused-ring (bicyclic) bond motifs is 1. The molecule has 0 unspecified atom stereocenters. The van der Waals surface area contributed by atoms with Crippen LogP contribution in [0.15, 0.2) is 46.0 Å². The maximum Gasteiger partial charge on any atom is 0.159 e. The van der Waals surface area contributed by atoms with Crippen molar-refractivity contribution in [2.24, 2.45) is 10.9 Å². The van der Waals surface area contributed by atoms with Crippen LogP contribution in [0.5, 0.6) is 0 Å². The summed E-state index contributed by atoms with van der Waals surface area (Å²) in [4.78, 5) is 9.78. The van der Waals surface area contributed by atoms with Crippen LogP contribution in [0.25, 0.3) is 11.1 Å². The Morgan fingerprint density at radius 3 is 2.59 bits per heavy atom. The molecule has 1 aromatic carbocycles. The van der Waals surface area contributed by atoms with Crippen LogP contribution in [-0.2, 0) is 16.8 Å². The maximum atomic E-state index is 12.7. The number of benzene rings is 1.